The number of nitriles is 1. The molecule has 0 saturated heterocycles. The highest BCUT2D eigenvalue weighted by atomic mass is 16.2. The van der Waals surface area contributed by atoms with E-state index in [-0.39, 0.29) is 24.2 Å². The number of nitrogens with one attached hydrogen (secondary N) is 2. The van der Waals surface area contributed by atoms with Gasteiger partial charge in [-0.3, -0.25) is 9.59 Å². The Kier molecular flexibility index (Phi) is 4.72. The van der Waals surface area contributed by atoms with Gasteiger partial charge < -0.3 is 10.6 Å². The molecule has 2 rings (SSSR count). The summed E-state index contributed by atoms with van der Waals surface area (Å²) in [6, 6.07) is 8.81. The van der Waals surface area contributed by atoms with Crippen molar-refractivity contribution >= 4 is 23.2 Å². The van der Waals surface area contributed by atoms with Gasteiger partial charge in [0.1, 0.15) is 6.42 Å². The number of nitrogens with zero attached hydrogens (tertiary/aromatic N) is 1. The van der Waals surface area contributed by atoms with E-state index in [1.165, 1.54) is 0 Å². The summed E-state index contributed by atoms with van der Waals surface area (Å²) in [5.41, 5.74) is 1.11. The first kappa shape index (κ1) is 14.1. The van der Waals surface area contributed by atoms with Crippen molar-refractivity contribution in [2.75, 3.05) is 10.6 Å². The molecule has 0 aromatic heterocycles. The highest BCUT2D eigenvalue weighted by Crippen LogP contribution is 2.28. The lowest BCUT2D eigenvalue weighted by Gasteiger charge is -2.14. The maximum atomic E-state index is 12.1. The highest BCUT2D eigenvalue weighted by molar-refractivity contribution is 6.00. The zero-order valence-corrected chi connectivity index (χ0v) is 11.2. The van der Waals surface area contributed by atoms with E-state index >= 15 is 0 Å². The Balaban J connectivity index is 2.05. The lowest BCUT2D eigenvalue weighted by atomic mass is 10.1. The van der Waals surface area contributed by atoms with Gasteiger partial charge in [0.2, 0.25) is 11.8 Å². The van der Waals surface area contributed by atoms with Crippen molar-refractivity contribution in [1.29, 1.82) is 5.26 Å². The fourth-order valence-electron chi connectivity index (χ4n) is 2.39. The van der Waals surface area contributed by atoms with Crippen LogP contribution < -0.4 is 10.6 Å². The summed E-state index contributed by atoms with van der Waals surface area (Å²) in [5.74, 6) is -0.308. The fraction of sp³-hybridized carbons (Fsp3) is 0.400. The normalized spacial score (nSPS) is 14.6. The molecule has 0 heterocycles. The smallest absolute Gasteiger partial charge is 0.238 e. The van der Waals surface area contributed by atoms with E-state index in [1.54, 1.807) is 30.3 Å². The monoisotopic (exact) mass is 271 g/mol. The van der Waals surface area contributed by atoms with Crippen molar-refractivity contribution in [3.8, 4) is 6.07 Å². The van der Waals surface area contributed by atoms with Gasteiger partial charge in [-0.25, -0.2) is 0 Å². The summed E-state index contributed by atoms with van der Waals surface area (Å²) in [6.07, 6.45) is 3.84. The Morgan fingerprint density at radius 1 is 1.15 bits per heavy atom. The molecule has 1 aliphatic carbocycles. The molecule has 0 atom stereocenters. The van der Waals surface area contributed by atoms with Crippen LogP contribution in [0.25, 0.3) is 0 Å². The van der Waals surface area contributed by atoms with Crippen LogP contribution in [0.4, 0.5) is 11.4 Å². The van der Waals surface area contributed by atoms with Crippen LogP contribution in [0.3, 0.4) is 0 Å². The van der Waals surface area contributed by atoms with Gasteiger partial charge in [0.05, 0.1) is 17.4 Å². The molecule has 0 spiro atoms. The second-order valence-corrected chi connectivity index (χ2v) is 4.90. The zero-order valence-electron chi connectivity index (χ0n) is 11.2. The van der Waals surface area contributed by atoms with Crippen LogP contribution in [-0.4, -0.2) is 11.8 Å². The number of rotatable bonds is 4. The molecule has 0 radical (unpaired) electrons. The van der Waals surface area contributed by atoms with Crippen molar-refractivity contribution in [3.63, 3.8) is 0 Å². The summed E-state index contributed by atoms with van der Waals surface area (Å²) in [4.78, 5) is 23.6. The summed E-state index contributed by atoms with van der Waals surface area (Å²) in [7, 11) is 0. The van der Waals surface area contributed by atoms with E-state index in [4.69, 9.17) is 5.26 Å². The molecule has 1 aliphatic rings. The molecule has 2 N–H and O–H groups in total. The Hall–Kier alpha value is -2.35. The molecule has 1 aromatic carbocycles. The predicted octanol–water partition coefficient (Wildman–Crippen LogP) is 2.67. The molecular weight excluding hydrogens is 254 g/mol. The van der Waals surface area contributed by atoms with Crippen molar-refractivity contribution in [1.82, 2.24) is 0 Å². The Labute approximate surface area is 118 Å². The first-order valence-corrected chi connectivity index (χ1v) is 6.77. The fourth-order valence-corrected chi connectivity index (χ4v) is 2.39. The minimum Gasteiger partial charge on any atom is -0.324 e. The first-order valence-electron chi connectivity index (χ1n) is 6.77. The third-order valence-electron chi connectivity index (χ3n) is 3.42. The molecule has 104 valence electrons. The molecule has 5 heteroatoms. The molecule has 1 fully saturated rings. The molecule has 0 aliphatic heterocycles. The lowest BCUT2D eigenvalue weighted by molar-refractivity contribution is -0.119. The molecule has 2 amide bonds. The van der Waals surface area contributed by atoms with Crippen LogP contribution in [-0.2, 0) is 9.59 Å². The minimum absolute atomic E-state index is 0.00415. The van der Waals surface area contributed by atoms with Crippen molar-refractivity contribution < 1.29 is 9.59 Å². The van der Waals surface area contributed by atoms with E-state index in [1.807, 2.05) is 0 Å². The minimum atomic E-state index is -0.380. The van der Waals surface area contributed by atoms with Gasteiger partial charge >= 0.3 is 0 Å². The van der Waals surface area contributed by atoms with Gasteiger partial charge in [0.25, 0.3) is 0 Å². The predicted molar refractivity (Wildman–Crippen MR) is 75.9 cm³/mol. The SMILES string of the molecule is N#CCC(=O)Nc1ccccc1NC(=O)C1CCCC1. The molecular formula is C15H17N3O2. The van der Waals surface area contributed by atoms with Gasteiger partial charge in [-0.05, 0) is 25.0 Å². The molecule has 0 unspecified atom stereocenters. The third kappa shape index (κ3) is 3.58. The number of carbonyl (C=O) groups is 2. The number of hydrogen-bond acceptors (Lipinski definition) is 3. The van der Waals surface area contributed by atoms with E-state index in [0.29, 0.717) is 11.4 Å². The number of benzene rings is 1. The van der Waals surface area contributed by atoms with Crippen molar-refractivity contribution in [3.05, 3.63) is 24.3 Å². The molecule has 1 aromatic rings. The number of carbonyl (C=O) groups excluding carboxylic acids is 2. The maximum Gasteiger partial charge on any atom is 0.238 e. The van der Waals surface area contributed by atoms with Crippen LogP contribution in [0.2, 0.25) is 0 Å². The van der Waals surface area contributed by atoms with Crippen molar-refractivity contribution in [2.45, 2.75) is 32.1 Å². The maximum absolute atomic E-state index is 12.1. The van der Waals surface area contributed by atoms with E-state index in [2.05, 4.69) is 10.6 Å². The number of para-hydroxylation sites is 2. The summed E-state index contributed by atoms with van der Waals surface area (Å²) in [6.45, 7) is 0. The van der Waals surface area contributed by atoms with Crippen molar-refractivity contribution in [2.24, 2.45) is 5.92 Å². The molecule has 1 saturated carbocycles. The average molecular weight is 271 g/mol. The van der Waals surface area contributed by atoms with E-state index in [0.717, 1.165) is 25.7 Å². The average Bonchev–Trinajstić information content (AvgIpc) is 2.95. The second-order valence-electron chi connectivity index (χ2n) is 4.90. The lowest BCUT2D eigenvalue weighted by Crippen LogP contribution is -2.21. The van der Waals surface area contributed by atoms with Gasteiger partial charge in [-0.2, -0.15) is 5.26 Å². The summed E-state index contributed by atoms with van der Waals surface area (Å²) in [5, 5.41) is 14.0. The quantitative estimate of drug-likeness (QED) is 0.883. The first-order chi connectivity index (χ1) is 9.70. The second kappa shape index (κ2) is 6.71. The van der Waals surface area contributed by atoms with Crippen LogP contribution in [0, 0.1) is 17.2 Å². The largest absolute Gasteiger partial charge is 0.324 e. The topological polar surface area (TPSA) is 82.0 Å². The van der Waals surface area contributed by atoms with Crippen LogP contribution in [0.15, 0.2) is 24.3 Å². The standard InChI is InChI=1S/C15H17N3O2/c16-10-9-14(19)17-12-7-3-4-8-13(12)18-15(20)11-5-1-2-6-11/h3-4,7-8,11H,1-2,5-6,9H2,(H,17,19)(H,18,20). The number of amides is 2. The van der Waals surface area contributed by atoms with Gasteiger partial charge in [0.15, 0.2) is 0 Å². The van der Waals surface area contributed by atoms with E-state index in [9.17, 15) is 9.59 Å². The van der Waals surface area contributed by atoms with Gasteiger partial charge in [-0.15, -0.1) is 0 Å². The summed E-state index contributed by atoms with van der Waals surface area (Å²) < 4.78 is 0. The Morgan fingerprint density at radius 3 is 2.35 bits per heavy atom. The van der Waals surface area contributed by atoms with Crippen LogP contribution >= 0.6 is 0 Å². The zero-order chi connectivity index (χ0) is 14.4. The molecule has 5 nitrogen and oxygen atoms in total. The summed E-state index contributed by atoms with van der Waals surface area (Å²) >= 11 is 0. The van der Waals surface area contributed by atoms with E-state index < -0.39 is 0 Å². The Bertz CT molecular complexity index is 542. The van der Waals surface area contributed by atoms with Gasteiger partial charge in [0, 0.05) is 5.92 Å². The Morgan fingerprint density at radius 2 is 1.75 bits per heavy atom. The molecule has 20 heavy (non-hydrogen) atoms. The van der Waals surface area contributed by atoms with Crippen LogP contribution in [0.1, 0.15) is 32.1 Å². The third-order valence-corrected chi connectivity index (χ3v) is 3.42. The van der Waals surface area contributed by atoms with Crippen LogP contribution in [0.5, 0.6) is 0 Å². The highest BCUT2D eigenvalue weighted by Gasteiger charge is 2.23. The van der Waals surface area contributed by atoms with Gasteiger partial charge in [-0.1, -0.05) is 25.0 Å². The number of hydrogen-bond donors (Lipinski definition) is 2. The number of anilines is 2. The molecule has 0 bridgehead atoms.